The van der Waals surface area contributed by atoms with Gasteiger partial charge in [-0.15, -0.1) is 0 Å². The lowest BCUT2D eigenvalue weighted by molar-refractivity contribution is -0.150. The first kappa shape index (κ1) is 13.5. The number of hydrogen-bond acceptors (Lipinski definition) is 4. The average molecular weight is 276 g/mol. The van der Waals surface area contributed by atoms with Crippen LogP contribution in [-0.2, 0) is 9.53 Å². The quantitative estimate of drug-likeness (QED) is 0.737. The van der Waals surface area contributed by atoms with E-state index in [1.165, 1.54) is 0 Å². The number of carbonyl (C=O) groups is 1. The molecule has 0 aliphatic carbocycles. The molecular formula is C15H20N2O3. The first-order valence-corrected chi connectivity index (χ1v) is 7.09. The molecule has 20 heavy (non-hydrogen) atoms. The van der Waals surface area contributed by atoms with Crippen LogP contribution in [0, 0.1) is 0 Å². The second-order valence-electron chi connectivity index (χ2n) is 5.50. The fourth-order valence-electron chi connectivity index (χ4n) is 3.44. The molecule has 0 saturated carbocycles. The van der Waals surface area contributed by atoms with Crippen molar-refractivity contribution < 1.29 is 14.6 Å². The Morgan fingerprint density at radius 3 is 2.75 bits per heavy atom. The largest absolute Gasteiger partial charge is 0.480 e. The van der Waals surface area contributed by atoms with Gasteiger partial charge in [-0.3, -0.25) is 4.79 Å². The fourth-order valence-corrected chi connectivity index (χ4v) is 3.44. The molecule has 0 bridgehead atoms. The molecule has 2 aliphatic heterocycles. The Labute approximate surface area is 118 Å². The van der Waals surface area contributed by atoms with E-state index in [-0.39, 0.29) is 5.92 Å². The van der Waals surface area contributed by atoms with E-state index < -0.39 is 17.6 Å². The number of rotatable bonds is 2. The Morgan fingerprint density at radius 1 is 1.30 bits per heavy atom. The molecule has 3 unspecified atom stereocenters. The Kier molecular flexibility index (Phi) is 3.74. The minimum Gasteiger partial charge on any atom is -0.480 e. The summed E-state index contributed by atoms with van der Waals surface area (Å²) >= 11 is 0. The third kappa shape index (κ3) is 2.32. The molecule has 5 nitrogen and oxygen atoms in total. The zero-order valence-corrected chi connectivity index (χ0v) is 11.3. The fraction of sp³-hybridized carbons (Fsp3) is 0.533. The number of carboxylic acids is 1. The Balaban J connectivity index is 2.01. The van der Waals surface area contributed by atoms with Crippen molar-refractivity contribution in [2.75, 3.05) is 26.2 Å². The highest BCUT2D eigenvalue weighted by Crippen LogP contribution is 2.40. The molecule has 2 saturated heterocycles. The minimum absolute atomic E-state index is 0.178. The lowest BCUT2D eigenvalue weighted by Crippen LogP contribution is -2.64. The van der Waals surface area contributed by atoms with E-state index in [0.717, 1.165) is 18.5 Å². The zero-order valence-electron chi connectivity index (χ0n) is 11.3. The number of nitrogens with one attached hydrogen (secondary N) is 2. The Bertz CT molecular complexity index is 466. The van der Waals surface area contributed by atoms with Gasteiger partial charge in [-0.1, -0.05) is 30.3 Å². The molecule has 108 valence electrons. The molecule has 3 N–H and O–H groups in total. The topological polar surface area (TPSA) is 70.6 Å². The third-order valence-corrected chi connectivity index (χ3v) is 4.33. The van der Waals surface area contributed by atoms with Gasteiger partial charge in [0.15, 0.2) is 0 Å². The molecule has 0 amide bonds. The summed E-state index contributed by atoms with van der Waals surface area (Å²) in [6.45, 7) is 2.84. The maximum atomic E-state index is 11.6. The van der Waals surface area contributed by atoms with Crippen molar-refractivity contribution in [3.63, 3.8) is 0 Å². The van der Waals surface area contributed by atoms with E-state index >= 15 is 0 Å². The van der Waals surface area contributed by atoms with Gasteiger partial charge in [0, 0.05) is 19.0 Å². The molecule has 1 aromatic rings. The van der Waals surface area contributed by atoms with Crippen molar-refractivity contribution in [3.05, 3.63) is 35.9 Å². The molecule has 0 radical (unpaired) electrons. The maximum Gasteiger partial charge on any atom is 0.321 e. The van der Waals surface area contributed by atoms with Gasteiger partial charge in [0.2, 0.25) is 0 Å². The summed E-state index contributed by atoms with van der Waals surface area (Å²) in [4.78, 5) is 11.6. The molecule has 2 aliphatic rings. The maximum absolute atomic E-state index is 11.6. The smallest absolute Gasteiger partial charge is 0.321 e. The monoisotopic (exact) mass is 276 g/mol. The zero-order chi connectivity index (χ0) is 14.0. The van der Waals surface area contributed by atoms with E-state index in [1.54, 1.807) is 0 Å². The predicted octanol–water partition coefficient (Wildman–Crippen LogP) is 0.575. The standard InChI is InChI=1S/C15H20N2O3/c18-14(19)13-12(11-4-2-1-3-5-11)15(6-7-17-13)10-16-8-9-20-15/h1-5,12-13,16-17H,6-10H2,(H,18,19). The highest BCUT2D eigenvalue weighted by atomic mass is 16.5. The number of ether oxygens (including phenoxy) is 1. The molecule has 2 heterocycles. The van der Waals surface area contributed by atoms with E-state index in [4.69, 9.17) is 4.74 Å². The SMILES string of the molecule is O=C(O)C1NCCC2(CNCCO2)C1c1ccccc1. The summed E-state index contributed by atoms with van der Waals surface area (Å²) in [5, 5.41) is 16.0. The first-order chi connectivity index (χ1) is 9.73. The number of benzene rings is 1. The second-order valence-corrected chi connectivity index (χ2v) is 5.50. The first-order valence-electron chi connectivity index (χ1n) is 7.09. The number of carboxylic acid groups (broad SMARTS) is 1. The van der Waals surface area contributed by atoms with E-state index in [9.17, 15) is 9.90 Å². The van der Waals surface area contributed by atoms with Gasteiger partial charge in [0.05, 0.1) is 12.2 Å². The second kappa shape index (κ2) is 5.52. The van der Waals surface area contributed by atoms with Crippen LogP contribution in [0.4, 0.5) is 0 Å². The van der Waals surface area contributed by atoms with Crippen molar-refractivity contribution in [3.8, 4) is 0 Å². The minimum atomic E-state index is -0.813. The van der Waals surface area contributed by atoms with Gasteiger partial charge in [-0.05, 0) is 18.5 Å². The van der Waals surface area contributed by atoms with Gasteiger partial charge in [0.1, 0.15) is 6.04 Å². The van der Waals surface area contributed by atoms with Crippen molar-refractivity contribution in [1.82, 2.24) is 10.6 Å². The highest BCUT2D eigenvalue weighted by molar-refractivity contribution is 5.75. The average Bonchev–Trinajstić information content (AvgIpc) is 2.48. The van der Waals surface area contributed by atoms with E-state index in [1.807, 2.05) is 30.3 Å². The van der Waals surface area contributed by atoms with Crippen LogP contribution in [0.15, 0.2) is 30.3 Å². The van der Waals surface area contributed by atoms with Gasteiger partial charge in [-0.2, -0.15) is 0 Å². The van der Waals surface area contributed by atoms with Gasteiger partial charge < -0.3 is 20.5 Å². The highest BCUT2D eigenvalue weighted by Gasteiger charge is 2.50. The molecule has 0 aromatic heterocycles. The third-order valence-electron chi connectivity index (χ3n) is 4.33. The molecular weight excluding hydrogens is 256 g/mol. The Morgan fingerprint density at radius 2 is 2.10 bits per heavy atom. The summed E-state index contributed by atoms with van der Waals surface area (Å²) < 4.78 is 6.09. The lowest BCUT2D eigenvalue weighted by Gasteiger charge is -2.49. The lowest BCUT2D eigenvalue weighted by atomic mass is 9.72. The van der Waals surface area contributed by atoms with Gasteiger partial charge in [-0.25, -0.2) is 0 Å². The molecule has 1 spiro atoms. The van der Waals surface area contributed by atoms with Crippen LogP contribution in [0.5, 0.6) is 0 Å². The molecule has 1 aromatic carbocycles. The van der Waals surface area contributed by atoms with Crippen LogP contribution >= 0.6 is 0 Å². The number of morpholine rings is 1. The molecule has 2 fully saturated rings. The van der Waals surface area contributed by atoms with Crippen LogP contribution in [0.3, 0.4) is 0 Å². The van der Waals surface area contributed by atoms with Crippen LogP contribution in [-0.4, -0.2) is 49.0 Å². The summed E-state index contributed by atoms with van der Waals surface area (Å²) in [7, 11) is 0. The summed E-state index contributed by atoms with van der Waals surface area (Å²) in [6, 6.07) is 9.23. The normalized spacial score (nSPS) is 34.0. The van der Waals surface area contributed by atoms with Crippen molar-refractivity contribution >= 4 is 5.97 Å². The number of piperidine rings is 1. The summed E-state index contributed by atoms with van der Waals surface area (Å²) in [6.07, 6.45) is 0.823. The molecule has 5 heteroatoms. The van der Waals surface area contributed by atoms with Crippen molar-refractivity contribution in [2.24, 2.45) is 0 Å². The molecule has 3 atom stereocenters. The van der Waals surface area contributed by atoms with Gasteiger partial charge in [0.25, 0.3) is 0 Å². The summed E-state index contributed by atoms with van der Waals surface area (Å²) in [5.74, 6) is -0.991. The van der Waals surface area contributed by atoms with Crippen LogP contribution in [0.1, 0.15) is 17.9 Å². The predicted molar refractivity (Wildman–Crippen MR) is 74.8 cm³/mol. The summed E-state index contributed by atoms with van der Waals surface area (Å²) in [5.41, 5.74) is 0.601. The van der Waals surface area contributed by atoms with Crippen LogP contribution in [0.25, 0.3) is 0 Å². The number of hydrogen-bond donors (Lipinski definition) is 3. The van der Waals surface area contributed by atoms with Crippen LogP contribution in [0.2, 0.25) is 0 Å². The van der Waals surface area contributed by atoms with E-state index in [2.05, 4.69) is 10.6 Å². The molecule has 3 rings (SSSR count). The van der Waals surface area contributed by atoms with Crippen molar-refractivity contribution in [1.29, 1.82) is 0 Å². The van der Waals surface area contributed by atoms with Gasteiger partial charge >= 0.3 is 5.97 Å². The number of aliphatic carboxylic acids is 1. The van der Waals surface area contributed by atoms with Crippen molar-refractivity contribution in [2.45, 2.75) is 24.0 Å². The van der Waals surface area contributed by atoms with E-state index in [0.29, 0.717) is 19.7 Å². The Hall–Kier alpha value is -1.43. The van der Waals surface area contributed by atoms with Crippen LogP contribution < -0.4 is 10.6 Å².